The normalized spacial score (nSPS) is 17.8. The summed E-state index contributed by atoms with van der Waals surface area (Å²) in [6.07, 6.45) is 10.6. The number of benzene rings is 2. The number of nitrogens with zero attached hydrogens (tertiary/aromatic N) is 5. The van der Waals surface area contributed by atoms with E-state index in [4.69, 9.17) is 14.5 Å². The summed E-state index contributed by atoms with van der Waals surface area (Å²) in [4.78, 5) is 33.8. The predicted octanol–water partition coefficient (Wildman–Crippen LogP) is 5.82. The van der Waals surface area contributed by atoms with Crippen LogP contribution in [0.25, 0.3) is 11.4 Å². The third kappa shape index (κ3) is 6.64. The Labute approximate surface area is 241 Å². The number of anilines is 1. The van der Waals surface area contributed by atoms with Crippen LogP contribution in [0.3, 0.4) is 0 Å². The van der Waals surface area contributed by atoms with Crippen molar-refractivity contribution in [3.05, 3.63) is 72.1 Å². The summed E-state index contributed by atoms with van der Waals surface area (Å²) in [5, 5.41) is 0. The summed E-state index contributed by atoms with van der Waals surface area (Å²) in [5.74, 6) is 4.27. The first kappa shape index (κ1) is 27.1. The van der Waals surface area contributed by atoms with Gasteiger partial charge in [0.05, 0.1) is 26.0 Å². The highest BCUT2D eigenvalue weighted by Gasteiger charge is 2.28. The third-order valence-corrected chi connectivity index (χ3v) is 8.37. The minimum Gasteiger partial charge on any atom is -0.497 e. The van der Waals surface area contributed by atoms with E-state index in [0.29, 0.717) is 53.7 Å². The van der Waals surface area contributed by atoms with Gasteiger partial charge in [0.1, 0.15) is 17.8 Å². The Kier molecular flexibility index (Phi) is 8.07. The summed E-state index contributed by atoms with van der Waals surface area (Å²) in [5.41, 5.74) is 3.68. The molecule has 3 aliphatic rings. The van der Waals surface area contributed by atoms with Crippen molar-refractivity contribution in [2.24, 2.45) is 22.7 Å². The SMILES string of the molecule is COc1cc(OCC2CC2)cc(C(=O)CC(C)C2CCN(c3ncnc(-c4cccc(C5=NCC=C5)c4)n3)CC2)c1. The molecule has 1 atom stereocenters. The quantitative estimate of drug-likeness (QED) is 0.277. The second-order valence-corrected chi connectivity index (χ2v) is 11.4. The van der Waals surface area contributed by atoms with E-state index >= 15 is 0 Å². The van der Waals surface area contributed by atoms with Crippen LogP contribution >= 0.6 is 0 Å². The van der Waals surface area contributed by atoms with Gasteiger partial charge in [0.25, 0.3) is 0 Å². The predicted molar refractivity (Wildman–Crippen MR) is 160 cm³/mol. The first-order valence-corrected chi connectivity index (χ1v) is 14.7. The van der Waals surface area contributed by atoms with Crippen molar-refractivity contribution in [3.8, 4) is 22.9 Å². The number of aromatic nitrogens is 3. The molecule has 1 saturated carbocycles. The highest BCUT2D eigenvalue weighted by atomic mass is 16.5. The number of hydrogen-bond donors (Lipinski definition) is 0. The van der Waals surface area contributed by atoms with Crippen LogP contribution in [-0.2, 0) is 0 Å². The van der Waals surface area contributed by atoms with Crippen LogP contribution in [0.15, 0.2) is 65.9 Å². The maximum Gasteiger partial charge on any atom is 0.228 e. The van der Waals surface area contributed by atoms with Gasteiger partial charge in [-0.15, -0.1) is 0 Å². The van der Waals surface area contributed by atoms with Crippen LogP contribution in [0.2, 0.25) is 0 Å². The Bertz CT molecular complexity index is 1460. The van der Waals surface area contributed by atoms with Crippen molar-refractivity contribution in [1.29, 1.82) is 0 Å². The summed E-state index contributed by atoms with van der Waals surface area (Å²) >= 11 is 0. The van der Waals surface area contributed by atoms with Crippen molar-refractivity contribution in [3.63, 3.8) is 0 Å². The topological polar surface area (TPSA) is 89.8 Å². The van der Waals surface area contributed by atoms with E-state index in [-0.39, 0.29) is 11.7 Å². The molecule has 8 heteroatoms. The van der Waals surface area contributed by atoms with E-state index in [2.05, 4.69) is 51.1 Å². The molecule has 3 aromatic rings. The number of aliphatic imine (C=N–C) groups is 1. The van der Waals surface area contributed by atoms with E-state index in [9.17, 15) is 4.79 Å². The maximum absolute atomic E-state index is 13.3. The lowest BCUT2D eigenvalue weighted by molar-refractivity contribution is 0.0942. The molecular formula is C33H37N5O3. The van der Waals surface area contributed by atoms with Crippen molar-refractivity contribution < 1.29 is 14.3 Å². The van der Waals surface area contributed by atoms with Gasteiger partial charge in [-0.2, -0.15) is 4.98 Å². The molecule has 1 unspecified atom stereocenters. The largest absolute Gasteiger partial charge is 0.497 e. The molecule has 0 bridgehead atoms. The van der Waals surface area contributed by atoms with Crippen LogP contribution in [0, 0.1) is 17.8 Å². The molecule has 2 fully saturated rings. The first-order valence-electron chi connectivity index (χ1n) is 14.7. The van der Waals surface area contributed by atoms with E-state index in [1.165, 1.54) is 12.8 Å². The minimum atomic E-state index is 0.137. The zero-order chi connectivity index (χ0) is 28.2. The van der Waals surface area contributed by atoms with Gasteiger partial charge in [-0.3, -0.25) is 9.79 Å². The highest BCUT2D eigenvalue weighted by molar-refractivity contribution is 6.10. The van der Waals surface area contributed by atoms with E-state index in [1.54, 1.807) is 13.4 Å². The monoisotopic (exact) mass is 551 g/mol. The molecular weight excluding hydrogens is 514 g/mol. The number of hydrogen-bond acceptors (Lipinski definition) is 8. The molecule has 3 heterocycles. The van der Waals surface area contributed by atoms with Crippen LogP contribution in [0.1, 0.15) is 54.9 Å². The van der Waals surface area contributed by atoms with E-state index in [1.807, 2.05) is 30.3 Å². The number of piperidine rings is 1. The molecule has 0 amide bonds. The molecule has 2 aliphatic heterocycles. The fraction of sp³-hybridized carbons (Fsp3) is 0.424. The Morgan fingerprint density at radius 2 is 1.83 bits per heavy atom. The number of ether oxygens (including phenoxy) is 2. The lowest BCUT2D eigenvalue weighted by Crippen LogP contribution is -2.37. The van der Waals surface area contributed by atoms with Crippen molar-refractivity contribution in [1.82, 2.24) is 15.0 Å². The second-order valence-electron chi connectivity index (χ2n) is 11.4. The third-order valence-electron chi connectivity index (χ3n) is 8.37. The Balaban J connectivity index is 1.06. The summed E-state index contributed by atoms with van der Waals surface area (Å²) in [6, 6.07) is 13.8. The lowest BCUT2D eigenvalue weighted by Gasteiger charge is -2.34. The van der Waals surface area contributed by atoms with Crippen molar-refractivity contribution >= 4 is 17.4 Å². The summed E-state index contributed by atoms with van der Waals surface area (Å²) < 4.78 is 11.4. The van der Waals surface area contributed by atoms with Crippen LogP contribution in [0.5, 0.6) is 11.5 Å². The van der Waals surface area contributed by atoms with Crippen LogP contribution in [0.4, 0.5) is 5.95 Å². The van der Waals surface area contributed by atoms with Gasteiger partial charge in [-0.1, -0.05) is 31.2 Å². The van der Waals surface area contributed by atoms with E-state index in [0.717, 1.165) is 49.3 Å². The van der Waals surface area contributed by atoms with Gasteiger partial charge in [-0.25, -0.2) is 9.97 Å². The maximum atomic E-state index is 13.3. The smallest absolute Gasteiger partial charge is 0.228 e. The van der Waals surface area contributed by atoms with E-state index < -0.39 is 0 Å². The number of rotatable bonds is 11. The molecule has 212 valence electrons. The first-order chi connectivity index (χ1) is 20.1. The Morgan fingerprint density at radius 3 is 2.59 bits per heavy atom. The van der Waals surface area contributed by atoms with Crippen LogP contribution < -0.4 is 14.4 Å². The van der Waals surface area contributed by atoms with Gasteiger partial charge >= 0.3 is 0 Å². The fourth-order valence-corrected chi connectivity index (χ4v) is 5.63. The summed E-state index contributed by atoms with van der Waals surface area (Å²) in [7, 11) is 1.63. The molecule has 8 nitrogen and oxygen atoms in total. The number of ketones is 1. The van der Waals surface area contributed by atoms with Gasteiger partial charge in [0.15, 0.2) is 11.6 Å². The number of allylic oxidation sites excluding steroid dienone is 1. The zero-order valence-corrected chi connectivity index (χ0v) is 23.8. The molecule has 0 radical (unpaired) electrons. The zero-order valence-electron chi connectivity index (χ0n) is 23.8. The van der Waals surface area contributed by atoms with Gasteiger partial charge in [0, 0.05) is 42.3 Å². The lowest BCUT2D eigenvalue weighted by atomic mass is 9.82. The number of carbonyl (C=O) groups is 1. The van der Waals surface area contributed by atoms with Gasteiger partial charge < -0.3 is 14.4 Å². The number of Topliss-reactive ketones (excluding diaryl/α,β-unsaturated/α-hetero) is 1. The van der Waals surface area contributed by atoms with Gasteiger partial charge in [0.2, 0.25) is 5.95 Å². The van der Waals surface area contributed by atoms with Crippen LogP contribution in [-0.4, -0.2) is 59.8 Å². The Hall–Kier alpha value is -4.07. The van der Waals surface area contributed by atoms with Gasteiger partial charge in [-0.05, 0) is 67.7 Å². The summed E-state index contributed by atoms with van der Waals surface area (Å²) in [6.45, 7) is 5.34. The number of carbonyl (C=O) groups excluding carboxylic acids is 1. The van der Waals surface area contributed by atoms with Crippen molar-refractivity contribution in [2.45, 2.75) is 39.0 Å². The minimum absolute atomic E-state index is 0.137. The standard InChI is InChI=1S/C33H37N5O3/c1-22(15-31(39)27-17-28(40-2)19-29(18-27)41-20-23-8-9-23)24-10-13-38(14-11-24)33-36-21-35-32(37-33)26-6-3-5-25(16-26)30-7-4-12-34-30/h3-7,16-19,21-24H,8-15,20H2,1-2H3. The molecule has 1 aromatic heterocycles. The molecule has 41 heavy (non-hydrogen) atoms. The van der Waals surface area contributed by atoms with Crippen molar-refractivity contribution in [2.75, 3.05) is 38.3 Å². The molecule has 2 aromatic carbocycles. The average Bonchev–Trinajstić information content (AvgIpc) is 3.69. The molecule has 0 N–H and O–H groups in total. The fourth-order valence-electron chi connectivity index (χ4n) is 5.63. The molecule has 1 saturated heterocycles. The average molecular weight is 552 g/mol. The highest BCUT2D eigenvalue weighted by Crippen LogP contribution is 2.33. The Morgan fingerprint density at radius 1 is 1.02 bits per heavy atom. The molecule has 0 spiro atoms. The second kappa shape index (κ2) is 12.2. The number of methoxy groups -OCH3 is 1. The molecule has 1 aliphatic carbocycles. The molecule has 6 rings (SSSR count).